The van der Waals surface area contributed by atoms with Crippen LogP contribution < -0.4 is 5.73 Å². The second-order valence-electron chi connectivity index (χ2n) is 2.58. The van der Waals surface area contributed by atoms with Crippen LogP contribution in [0, 0.1) is 0 Å². The Bertz CT molecular complexity index is 399. The van der Waals surface area contributed by atoms with Crippen LogP contribution in [0.1, 0.15) is 0 Å². The van der Waals surface area contributed by atoms with Gasteiger partial charge < -0.3 is 5.73 Å². The minimum atomic E-state index is 0.685. The molecule has 0 saturated carbocycles. The molecule has 0 aliphatic carbocycles. The molecular weight excluding hydrogens is 164 g/mol. The van der Waals surface area contributed by atoms with E-state index in [1.54, 1.807) is 6.20 Å². The smallest absolute Gasteiger partial charge is 0.138 e. The molecule has 0 aliphatic heterocycles. The number of hydrogen-bond donors (Lipinski definition) is 1. The van der Waals surface area contributed by atoms with Crippen molar-refractivity contribution >= 4 is 5.69 Å². The minimum Gasteiger partial charge on any atom is -0.398 e. The van der Waals surface area contributed by atoms with E-state index in [4.69, 9.17) is 5.73 Å². The molecule has 0 amide bonds. The molecule has 0 aliphatic rings. The second kappa shape index (κ2) is 3.18. The summed E-state index contributed by atoms with van der Waals surface area (Å²) in [5.74, 6) is 0. The second-order valence-corrected chi connectivity index (χ2v) is 2.58. The van der Waals surface area contributed by atoms with Gasteiger partial charge in [-0.15, -0.1) is 10.2 Å². The van der Waals surface area contributed by atoms with Gasteiger partial charge in [-0.05, 0) is 6.07 Å². The first kappa shape index (κ1) is 7.67. The molecule has 4 nitrogen and oxygen atoms in total. The van der Waals surface area contributed by atoms with Crippen LogP contribution in [0.2, 0.25) is 0 Å². The number of rotatable bonds is 1. The Kier molecular flexibility index (Phi) is 1.88. The molecule has 0 radical (unpaired) electrons. The minimum absolute atomic E-state index is 0.685. The lowest BCUT2D eigenvalue weighted by atomic mass is 10.1. The first-order chi connectivity index (χ1) is 6.38. The lowest BCUT2D eigenvalue weighted by Crippen LogP contribution is -1.93. The van der Waals surface area contributed by atoms with E-state index < -0.39 is 0 Å². The van der Waals surface area contributed by atoms with Crippen molar-refractivity contribution < 1.29 is 0 Å². The number of anilines is 1. The van der Waals surface area contributed by atoms with E-state index in [2.05, 4.69) is 15.2 Å². The van der Waals surface area contributed by atoms with Gasteiger partial charge in [0.1, 0.15) is 12.0 Å². The zero-order chi connectivity index (χ0) is 9.10. The van der Waals surface area contributed by atoms with E-state index in [1.807, 2.05) is 24.3 Å². The zero-order valence-electron chi connectivity index (χ0n) is 6.88. The third-order valence-corrected chi connectivity index (χ3v) is 1.72. The van der Waals surface area contributed by atoms with Gasteiger partial charge in [0, 0.05) is 11.3 Å². The average Bonchev–Trinajstić information content (AvgIpc) is 2.20. The van der Waals surface area contributed by atoms with Gasteiger partial charge in [-0.2, -0.15) is 0 Å². The lowest BCUT2D eigenvalue weighted by molar-refractivity contribution is 0.977. The van der Waals surface area contributed by atoms with Crippen molar-refractivity contribution in [3.8, 4) is 11.3 Å². The van der Waals surface area contributed by atoms with E-state index in [9.17, 15) is 0 Å². The van der Waals surface area contributed by atoms with Gasteiger partial charge in [0.05, 0.1) is 6.20 Å². The normalized spacial score (nSPS) is 9.85. The summed E-state index contributed by atoms with van der Waals surface area (Å²) >= 11 is 0. The maximum Gasteiger partial charge on any atom is 0.138 e. The number of benzene rings is 1. The van der Waals surface area contributed by atoms with Crippen molar-refractivity contribution in [3.63, 3.8) is 0 Å². The van der Waals surface area contributed by atoms with Crippen LogP contribution in [0.5, 0.6) is 0 Å². The van der Waals surface area contributed by atoms with Crippen LogP contribution in [0.3, 0.4) is 0 Å². The highest BCUT2D eigenvalue weighted by Crippen LogP contribution is 2.21. The van der Waals surface area contributed by atoms with Crippen LogP contribution in [0.4, 0.5) is 5.69 Å². The Morgan fingerprint density at radius 3 is 2.69 bits per heavy atom. The molecule has 1 aromatic heterocycles. The molecule has 0 fully saturated rings. The summed E-state index contributed by atoms with van der Waals surface area (Å²) in [5, 5.41) is 7.60. The van der Waals surface area contributed by atoms with Crippen LogP contribution in [0.15, 0.2) is 36.8 Å². The van der Waals surface area contributed by atoms with Crippen molar-refractivity contribution in [1.29, 1.82) is 0 Å². The summed E-state index contributed by atoms with van der Waals surface area (Å²) in [5.41, 5.74) is 8.00. The first-order valence-electron chi connectivity index (χ1n) is 3.85. The molecule has 0 spiro atoms. The molecule has 2 N–H and O–H groups in total. The van der Waals surface area contributed by atoms with E-state index in [1.165, 1.54) is 6.33 Å². The summed E-state index contributed by atoms with van der Waals surface area (Å²) in [4.78, 5) is 3.87. The molecule has 0 unspecified atom stereocenters. The topological polar surface area (TPSA) is 64.7 Å². The fourth-order valence-corrected chi connectivity index (χ4v) is 1.10. The zero-order valence-corrected chi connectivity index (χ0v) is 6.88. The molecule has 2 aromatic rings. The molecule has 13 heavy (non-hydrogen) atoms. The fraction of sp³-hybridized carbons (Fsp3) is 0. The van der Waals surface area contributed by atoms with Gasteiger partial charge in [-0.1, -0.05) is 18.2 Å². The highest BCUT2D eigenvalue weighted by Gasteiger charge is 2.01. The number of hydrogen-bond acceptors (Lipinski definition) is 4. The molecule has 0 atom stereocenters. The molecule has 64 valence electrons. The van der Waals surface area contributed by atoms with Crippen LogP contribution in [-0.4, -0.2) is 15.2 Å². The van der Waals surface area contributed by atoms with E-state index in [-0.39, 0.29) is 0 Å². The maximum atomic E-state index is 5.76. The van der Waals surface area contributed by atoms with E-state index in [0.29, 0.717) is 11.4 Å². The van der Waals surface area contributed by atoms with Gasteiger partial charge in [-0.25, -0.2) is 4.98 Å². The fourth-order valence-electron chi connectivity index (χ4n) is 1.10. The SMILES string of the molecule is Nc1ccccc1-c1cncnn1. The Morgan fingerprint density at radius 2 is 2.00 bits per heavy atom. The molecule has 4 heteroatoms. The third kappa shape index (κ3) is 1.46. The predicted octanol–water partition coefficient (Wildman–Crippen LogP) is 1.12. The van der Waals surface area contributed by atoms with Crippen LogP contribution in [0.25, 0.3) is 11.3 Å². The Hall–Kier alpha value is -1.97. The summed E-state index contributed by atoms with van der Waals surface area (Å²) in [6, 6.07) is 7.49. The number of para-hydroxylation sites is 1. The number of nitrogens with zero attached hydrogens (tertiary/aromatic N) is 3. The van der Waals surface area contributed by atoms with Gasteiger partial charge >= 0.3 is 0 Å². The van der Waals surface area contributed by atoms with Crippen molar-refractivity contribution in [2.45, 2.75) is 0 Å². The van der Waals surface area contributed by atoms with Crippen LogP contribution in [-0.2, 0) is 0 Å². The van der Waals surface area contributed by atoms with E-state index in [0.717, 1.165) is 5.56 Å². The summed E-state index contributed by atoms with van der Waals surface area (Å²) in [7, 11) is 0. The van der Waals surface area contributed by atoms with Crippen molar-refractivity contribution in [3.05, 3.63) is 36.8 Å². The Labute approximate surface area is 75.5 Å². The summed E-state index contributed by atoms with van der Waals surface area (Å²) in [6.45, 7) is 0. The molecular formula is C9H8N4. The molecule has 1 heterocycles. The number of nitrogen functional groups attached to an aromatic ring is 1. The quantitative estimate of drug-likeness (QED) is 0.654. The number of aromatic nitrogens is 3. The summed E-state index contributed by atoms with van der Waals surface area (Å²) < 4.78 is 0. The molecule has 2 rings (SSSR count). The maximum absolute atomic E-state index is 5.76. The third-order valence-electron chi connectivity index (χ3n) is 1.72. The molecule has 0 bridgehead atoms. The van der Waals surface area contributed by atoms with Crippen molar-refractivity contribution in [2.24, 2.45) is 0 Å². The van der Waals surface area contributed by atoms with Gasteiger partial charge in [-0.3, -0.25) is 0 Å². The summed E-state index contributed by atoms with van der Waals surface area (Å²) in [6.07, 6.45) is 3.03. The van der Waals surface area contributed by atoms with Crippen molar-refractivity contribution in [2.75, 3.05) is 5.73 Å². The largest absolute Gasteiger partial charge is 0.398 e. The Morgan fingerprint density at radius 1 is 1.15 bits per heavy atom. The van der Waals surface area contributed by atoms with Crippen molar-refractivity contribution in [1.82, 2.24) is 15.2 Å². The first-order valence-corrected chi connectivity index (χ1v) is 3.85. The van der Waals surface area contributed by atoms with Crippen LogP contribution >= 0.6 is 0 Å². The lowest BCUT2D eigenvalue weighted by Gasteiger charge is -2.01. The highest BCUT2D eigenvalue weighted by molar-refractivity contribution is 5.72. The molecule has 0 saturated heterocycles. The van der Waals surface area contributed by atoms with Gasteiger partial charge in [0.15, 0.2) is 0 Å². The average molecular weight is 172 g/mol. The molecule has 1 aromatic carbocycles. The van der Waals surface area contributed by atoms with E-state index >= 15 is 0 Å². The predicted molar refractivity (Wildman–Crippen MR) is 49.7 cm³/mol. The van der Waals surface area contributed by atoms with Gasteiger partial charge in [0.2, 0.25) is 0 Å². The Balaban J connectivity index is 2.54. The monoisotopic (exact) mass is 172 g/mol. The standard InChI is InChI=1S/C9H8N4/c10-8-4-2-1-3-7(8)9-5-11-6-12-13-9/h1-6H,10H2. The number of nitrogens with two attached hydrogens (primary N) is 1. The van der Waals surface area contributed by atoms with Gasteiger partial charge in [0.25, 0.3) is 0 Å². The highest BCUT2D eigenvalue weighted by atomic mass is 15.1.